The first kappa shape index (κ1) is 18.7. The van der Waals surface area contributed by atoms with E-state index in [1.165, 1.54) is 12.4 Å². The van der Waals surface area contributed by atoms with Crippen LogP contribution in [0.4, 0.5) is 11.5 Å². The summed E-state index contributed by atoms with van der Waals surface area (Å²) in [7, 11) is 1.56. The molecule has 0 spiro atoms. The molecule has 2 N–H and O–H groups in total. The van der Waals surface area contributed by atoms with Crippen molar-refractivity contribution < 1.29 is 9.53 Å². The van der Waals surface area contributed by atoms with Gasteiger partial charge in [0.05, 0.1) is 25.2 Å². The molecule has 7 heteroatoms. The van der Waals surface area contributed by atoms with Crippen LogP contribution in [0.5, 0.6) is 5.75 Å². The fraction of sp³-hybridized carbons (Fsp3) is 0.150. The zero-order chi connectivity index (χ0) is 19.2. The van der Waals surface area contributed by atoms with E-state index in [1.54, 1.807) is 13.2 Å². The fourth-order valence-electron chi connectivity index (χ4n) is 2.47. The van der Waals surface area contributed by atoms with Crippen molar-refractivity contribution in [1.29, 1.82) is 0 Å². The molecule has 1 heterocycles. The SMILES string of the molecule is COc1ccc(C)cc1NC(=O)c1cnc(NCc2ccccc2Cl)cn1. The first-order chi connectivity index (χ1) is 13.1. The molecule has 0 saturated heterocycles. The molecule has 0 aliphatic heterocycles. The summed E-state index contributed by atoms with van der Waals surface area (Å²) in [5.41, 5.74) is 2.76. The molecule has 0 fully saturated rings. The van der Waals surface area contributed by atoms with Gasteiger partial charge in [-0.1, -0.05) is 35.9 Å². The van der Waals surface area contributed by atoms with Gasteiger partial charge in [-0.25, -0.2) is 9.97 Å². The number of ether oxygens (including phenoxy) is 1. The molecule has 3 aromatic rings. The minimum Gasteiger partial charge on any atom is -0.495 e. The Morgan fingerprint density at radius 1 is 1.15 bits per heavy atom. The first-order valence-electron chi connectivity index (χ1n) is 8.32. The Hall–Kier alpha value is -3.12. The predicted octanol–water partition coefficient (Wildman–Crippen LogP) is 4.31. The zero-order valence-corrected chi connectivity index (χ0v) is 15.7. The van der Waals surface area contributed by atoms with Crippen LogP contribution in [-0.2, 0) is 6.54 Å². The average molecular weight is 383 g/mol. The van der Waals surface area contributed by atoms with Gasteiger partial charge < -0.3 is 15.4 Å². The number of anilines is 2. The minimum atomic E-state index is -0.357. The van der Waals surface area contributed by atoms with Gasteiger partial charge in [-0.2, -0.15) is 0 Å². The van der Waals surface area contributed by atoms with E-state index in [-0.39, 0.29) is 11.6 Å². The molecule has 0 aliphatic rings. The van der Waals surface area contributed by atoms with E-state index in [1.807, 2.05) is 43.3 Å². The monoisotopic (exact) mass is 382 g/mol. The maximum Gasteiger partial charge on any atom is 0.275 e. The molecular weight excluding hydrogens is 364 g/mol. The summed E-state index contributed by atoms with van der Waals surface area (Å²) in [5.74, 6) is 0.781. The third-order valence-corrected chi connectivity index (χ3v) is 4.27. The van der Waals surface area contributed by atoms with E-state index < -0.39 is 0 Å². The third kappa shape index (κ3) is 4.74. The first-order valence-corrected chi connectivity index (χ1v) is 8.70. The van der Waals surface area contributed by atoms with Gasteiger partial charge in [0, 0.05) is 11.6 Å². The van der Waals surface area contributed by atoms with Crippen molar-refractivity contribution >= 4 is 29.0 Å². The Balaban J connectivity index is 1.65. The van der Waals surface area contributed by atoms with E-state index in [4.69, 9.17) is 16.3 Å². The van der Waals surface area contributed by atoms with Crippen LogP contribution in [0.2, 0.25) is 5.02 Å². The molecule has 1 aromatic heterocycles. The fourth-order valence-corrected chi connectivity index (χ4v) is 2.67. The topological polar surface area (TPSA) is 76.1 Å². The molecule has 0 bridgehead atoms. The molecule has 3 rings (SSSR count). The van der Waals surface area contributed by atoms with Gasteiger partial charge in [-0.05, 0) is 36.2 Å². The van der Waals surface area contributed by atoms with Crippen LogP contribution in [-0.4, -0.2) is 23.0 Å². The van der Waals surface area contributed by atoms with Crippen molar-refractivity contribution in [2.24, 2.45) is 0 Å². The number of nitrogens with zero attached hydrogens (tertiary/aromatic N) is 2. The normalized spacial score (nSPS) is 10.3. The second-order valence-electron chi connectivity index (χ2n) is 5.89. The average Bonchev–Trinajstić information content (AvgIpc) is 2.68. The molecule has 1 amide bonds. The van der Waals surface area contributed by atoms with Crippen LogP contribution in [0.1, 0.15) is 21.6 Å². The van der Waals surface area contributed by atoms with Crippen molar-refractivity contribution in [2.75, 3.05) is 17.7 Å². The summed E-state index contributed by atoms with van der Waals surface area (Å²) >= 11 is 6.13. The Bertz CT molecular complexity index is 945. The van der Waals surface area contributed by atoms with Crippen molar-refractivity contribution in [3.05, 3.63) is 76.7 Å². The highest BCUT2D eigenvalue weighted by Crippen LogP contribution is 2.25. The quantitative estimate of drug-likeness (QED) is 0.664. The summed E-state index contributed by atoms with van der Waals surface area (Å²) in [4.78, 5) is 20.8. The van der Waals surface area contributed by atoms with Gasteiger partial charge in [0.25, 0.3) is 5.91 Å². The minimum absolute atomic E-state index is 0.210. The number of methoxy groups -OCH3 is 1. The molecule has 0 atom stereocenters. The van der Waals surface area contributed by atoms with Crippen LogP contribution in [0.3, 0.4) is 0 Å². The van der Waals surface area contributed by atoms with Crippen LogP contribution in [0.25, 0.3) is 0 Å². The lowest BCUT2D eigenvalue weighted by atomic mass is 10.2. The number of amides is 1. The van der Waals surface area contributed by atoms with E-state index in [0.717, 1.165) is 11.1 Å². The maximum absolute atomic E-state index is 12.4. The second kappa shape index (κ2) is 8.51. The molecule has 6 nitrogen and oxygen atoms in total. The number of hydrogen-bond acceptors (Lipinski definition) is 5. The molecule has 0 radical (unpaired) electrons. The van der Waals surface area contributed by atoms with E-state index in [9.17, 15) is 4.79 Å². The number of rotatable bonds is 6. The second-order valence-corrected chi connectivity index (χ2v) is 6.30. The summed E-state index contributed by atoms with van der Waals surface area (Å²) in [6, 6.07) is 13.1. The van der Waals surface area contributed by atoms with Gasteiger partial charge in [0.2, 0.25) is 0 Å². The third-order valence-electron chi connectivity index (χ3n) is 3.91. The van der Waals surface area contributed by atoms with Crippen molar-refractivity contribution in [1.82, 2.24) is 9.97 Å². The number of nitrogens with one attached hydrogen (secondary N) is 2. The van der Waals surface area contributed by atoms with Gasteiger partial charge in [-0.15, -0.1) is 0 Å². The highest BCUT2D eigenvalue weighted by Gasteiger charge is 2.12. The highest BCUT2D eigenvalue weighted by molar-refractivity contribution is 6.31. The number of benzene rings is 2. The zero-order valence-electron chi connectivity index (χ0n) is 15.0. The Morgan fingerprint density at radius 3 is 2.67 bits per heavy atom. The number of hydrogen-bond donors (Lipinski definition) is 2. The molecule has 0 saturated carbocycles. The Morgan fingerprint density at radius 2 is 1.96 bits per heavy atom. The maximum atomic E-state index is 12.4. The van der Waals surface area contributed by atoms with Crippen LogP contribution in [0, 0.1) is 6.92 Å². The lowest BCUT2D eigenvalue weighted by Gasteiger charge is -2.11. The van der Waals surface area contributed by atoms with E-state index >= 15 is 0 Å². The van der Waals surface area contributed by atoms with Crippen molar-refractivity contribution in [2.45, 2.75) is 13.5 Å². The van der Waals surface area contributed by atoms with Crippen molar-refractivity contribution in [3.8, 4) is 5.75 Å². The number of carbonyl (C=O) groups is 1. The molecule has 138 valence electrons. The van der Waals surface area contributed by atoms with E-state index in [0.29, 0.717) is 28.8 Å². The Labute approximate surface area is 162 Å². The smallest absolute Gasteiger partial charge is 0.275 e. The summed E-state index contributed by atoms with van der Waals surface area (Å²) < 4.78 is 5.27. The van der Waals surface area contributed by atoms with Crippen LogP contribution >= 0.6 is 11.6 Å². The number of aromatic nitrogens is 2. The Kier molecular flexibility index (Phi) is 5.88. The van der Waals surface area contributed by atoms with Crippen LogP contribution in [0.15, 0.2) is 54.9 Å². The number of aryl methyl sites for hydroxylation is 1. The molecular formula is C20H19ClN4O2. The van der Waals surface area contributed by atoms with Gasteiger partial charge >= 0.3 is 0 Å². The lowest BCUT2D eigenvalue weighted by Crippen LogP contribution is -2.15. The van der Waals surface area contributed by atoms with Crippen LogP contribution < -0.4 is 15.4 Å². The van der Waals surface area contributed by atoms with Gasteiger partial charge in [0.1, 0.15) is 17.3 Å². The largest absolute Gasteiger partial charge is 0.495 e. The van der Waals surface area contributed by atoms with E-state index in [2.05, 4.69) is 20.6 Å². The molecule has 0 unspecified atom stereocenters. The summed E-state index contributed by atoms with van der Waals surface area (Å²) in [6.07, 6.45) is 2.94. The highest BCUT2D eigenvalue weighted by atomic mass is 35.5. The standard InChI is InChI=1S/C20H19ClN4O2/c1-13-7-8-18(27-2)16(9-13)25-20(26)17-11-24-19(12-22-17)23-10-14-5-3-4-6-15(14)21/h3-9,11-12H,10H2,1-2H3,(H,23,24)(H,25,26). The molecule has 0 aliphatic carbocycles. The van der Waals surface area contributed by atoms with Crippen molar-refractivity contribution in [3.63, 3.8) is 0 Å². The van der Waals surface area contributed by atoms with Gasteiger partial charge in [-0.3, -0.25) is 4.79 Å². The predicted molar refractivity (Wildman–Crippen MR) is 106 cm³/mol. The molecule has 27 heavy (non-hydrogen) atoms. The summed E-state index contributed by atoms with van der Waals surface area (Å²) in [6.45, 7) is 2.45. The molecule has 2 aromatic carbocycles. The number of halogens is 1. The lowest BCUT2D eigenvalue weighted by molar-refractivity contribution is 0.102. The van der Waals surface area contributed by atoms with Gasteiger partial charge in [0.15, 0.2) is 0 Å². The summed E-state index contributed by atoms with van der Waals surface area (Å²) in [5, 5.41) is 6.61. The number of carbonyl (C=O) groups excluding carboxylic acids is 1.